The monoisotopic (exact) mass is 369 g/mol. The molecule has 8 heteroatoms. The molecular weight excluding hydrogens is 350 g/mol. The van der Waals surface area contributed by atoms with E-state index in [1.165, 1.54) is 19.5 Å². The molecule has 8 nitrogen and oxygen atoms in total. The van der Waals surface area contributed by atoms with Gasteiger partial charge in [0.2, 0.25) is 0 Å². The summed E-state index contributed by atoms with van der Waals surface area (Å²) in [6.07, 6.45) is 6.55. The van der Waals surface area contributed by atoms with Crippen molar-refractivity contribution < 1.29 is 24.2 Å². The fraction of sp³-hybridized carbons (Fsp3) is 0.158. The summed E-state index contributed by atoms with van der Waals surface area (Å²) >= 11 is 0. The molecule has 0 bridgehead atoms. The number of hydrogen-bond donors (Lipinski definition) is 2. The summed E-state index contributed by atoms with van der Waals surface area (Å²) in [5, 5.41) is 12.8. The quantitative estimate of drug-likeness (QED) is 0.398. The minimum atomic E-state index is -1.09. The van der Waals surface area contributed by atoms with Crippen molar-refractivity contribution in [1.82, 2.24) is 10.4 Å². The Hall–Kier alpha value is -3.68. The molecule has 1 amide bonds. The highest BCUT2D eigenvalue weighted by atomic mass is 16.5. The van der Waals surface area contributed by atoms with E-state index >= 15 is 0 Å². The first-order valence-corrected chi connectivity index (χ1v) is 7.95. The molecule has 0 aliphatic carbocycles. The average molecular weight is 369 g/mol. The van der Waals surface area contributed by atoms with Gasteiger partial charge >= 0.3 is 5.97 Å². The molecular formula is C19H19N3O5. The minimum absolute atomic E-state index is 0.330. The first kappa shape index (κ1) is 19.6. The maximum atomic E-state index is 12.0. The topological polar surface area (TPSA) is 110 Å². The van der Waals surface area contributed by atoms with Crippen LogP contribution in [-0.2, 0) is 11.2 Å². The number of carboxylic acids is 1. The molecule has 1 aromatic carbocycles. The normalized spacial score (nSPS) is 10.4. The fourth-order valence-corrected chi connectivity index (χ4v) is 2.24. The third-order valence-corrected chi connectivity index (χ3v) is 3.38. The summed E-state index contributed by atoms with van der Waals surface area (Å²) in [5.41, 5.74) is 4.12. The Morgan fingerprint density at radius 1 is 1.41 bits per heavy atom. The van der Waals surface area contributed by atoms with Crippen LogP contribution in [0.4, 0.5) is 0 Å². The van der Waals surface area contributed by atoms with Crippen LogP contribution in [0.2, 0.25) is 0 Å². The molecule has 0 spiro atoms. The number of ether oxygens (including phenoxy) is 2. The van der Waals surface area contributed by atoms with Gasteiger partial charge in [0, 0.05) is 18.0 Å². The maximum absolute atomic E-state index is 12.0. The van der Waals surface area contributed by atoms with Crippen molar-refractivity contribution in [1.29, 1.82) is 0 Å². The van der Waals surface area contributed by atoms with E-state index in [1.54, 1.807) is 36.5 Å². The number of rotatable bonds is 9. The van der Waals surface area contributed by atoms with Crippen LogP contribution >= 0.6 is 0 Å². The molecule has 2 aromatic rings. The lowest BCUT2D eigenvalue weighted by molar-refractivity contribution is -0.139. The van der Waals surface area contributed by atoms with E-state index in [0.29, 0.717) is 34.6 Å². The van der Waals surface area contributed by atoms with Gasteiger partial charge in [0.05, 0.1) is 18.9 Å². The number of pyridine rings is 1. The lowest BCUT2D eigenvalue weighted by atomic mass is 10.1. The van der Waals surface area contributed by atoms with Gasteiger partial charge in [0.25, 0.3) is 5.91 Å². The molecule has 0 radical (unpaired) electrons. The number of carbonyl (C=O) groups is 2. The molecule has 1 heterocycles. The molecule has 0 saturated heterocycles. The van der Waals surface area contributed by atoms with Crippen molar-refractivity contribution >= 4 is 18.1 Å². The maximum Gasteiger partial charge on any atom is 0.341 e. The van der Waals surface area contributed by atoms with Crippen molar-refractivity contribution in [3.63, 3.8) is 0 Å². The summed E-state index contributed by atoms with van der Waals surface area (Å²) < 4.78 is 10.6. The van der Waals surface area contributed by atoms with E-state index in [-0.39, 0.29) is 5.91 Å². The van der Waals surface area contributed by atoms with Crippen LogP contribution in [0.15, 0.2) is 54.4 Å². The lowest BCUT2D eigenvalue weighted by Crippen LogP contribution is -2.17. The van der Waals surface area contributed by atoms with Gasteiger partial charge in [-0.2, -0.15) is 5.10 Å². The van der Waals surface area contributed by atoms with Gasteiger partial charge in [-0.05, 0) is 36.2 Å². The van der Waals surface area contributed by atoms with E-state index in [1.807, 2.05) is 0 Å². The Morgan fingerprint density at radius 2 is 2.22 bits per heavy atom. The van der Waals surface area contributed by atoms with Gasteiger partial charge in [-0.25, -0.2) is 10.2 Å². The Morgan fingerprint density at radius 3 is 2.85 bits per heavy atom. The minimum Gasteiger partial charge on any atom is -0.493 e. The highest BCUT2D eigenvalue weighted by Crippen LogP contribution is 2.33. The van der Waals surface area contributed by atoms with Crippen molar-refractivity contribution in [2.24, 2.45) is 5.10 Å². The van der Waals surface area contributed by atoms with Gasteiger partial charge in [-0.15, -0.1) is 6.58 Å². The van der Waals surface area contributed by atoms with Gasteiger partial charge in [0.15, 0.2) is 18.1 Å². The number of nitrogens with zero attached hydrogens (tertiary/aromatic N) is 2. The molecule has 0 atom stereocenters. The molecule has 1 aromatic heterocycles. The van der Waals surface area contributed by atoms with Crippen molar-refractivity contribution in [2.45, 2.75) is 6.42 Å². The third-order valence-electron chi connectivity index (χ3n) is 3.38. The van der Waals surface area contributed by atoms with E-state index in [9.17, 15) is 9.59 Å². The van der Waals surface area contributed by atoms with E-state index < -0.39 is 12.6 Å². The number of benzene rings is 1. The zero-order valence-electron chi connectivity index (χ0n) is 14.7. The molecule has 140 valence electrons. The molecule has 0 aliphatic rings. The summed E-state index contributed by atoms with van der Waals surface area (Å²) in [5.74, 6) is -0.795. The van der Waals surface area contributed by atoms with Gasteiger partial charge in [0.1, 0.15) is 0 Å². The van der Waals surface area contributed by atoms with Crippen LogP contribution in [0.5, 0.6) is 11.5 Å². The molecule has 0 fully saturated rings. The van der Waals surface area contributed by atoms with Crippen LogP contribution < -0.4 is 14.9 Å². The number of hydrogen-bond acceptors (Lipinski definition) is 6. The van der Waals surface area contributed by atoms with E-state index in [2.05, 4.69) is 22.1 Å². The summed E-state index contributed by atoms with van der Waals surface area (Å²) in [4.78, 5) is 26.6. The first-order chi connectivity index (χ1) is 13.0. The van der Waals surface area contributed by atoms with E-state index in [4.69, 9.17) is 14.6 Å². The van der Waals surface area contributed by atoms with Gasteiger partial charge in [-0.3, -0.25) is 9.78 Å². The molecule has 0 aliphatic heterocycles. The van der Waals surface area contributed by atoms with E-state index in [0.717, 1.165) is 0 Å². The van der Waals surface area contributed by atoms with Crippen LogP contribution in [-0.4, -0.2) is 41.9 Å². The molecule has 2 N–H and O–H groups in total. The Labute approximate surface area is 156 Å². The second kappa shape index (κ2) is 9.71. The number of allylic oxidation sites excluding steroid dienone is 1. The molecule has 0 saturated carbocycles. The van der Waals surface area contributed by atoms with Crippen LogP contribution in [0.3, 0.4) is 0 Å². The SMILES string of the molecule is C=CCc1cc(/C=N\NC(=O)c2cccnc2)cc(OC)c1OCC(=O)O. The lowest BCUT2D eigenvalue weighted by Gasteiger charge is -2.14. The number of carbonyl (C=O) groups excluding carboxylic acids is 1. The van der Waals surface area contributed by atoms with Crippen LogP contribution in [0, 0.1) is 0 Å². The number of methoxy groups -OCH3 is 1. The van der Waals surface area contributed by atoms with Gasteiger partial charge in [-0.1, -0.05) is 6.08 Å². The van der Waals surface area contributed by atoms with Crippen molar-refractivity contribution in [2.75, 3.05) is 13.7 Å². The highest BCUT2D eigenvalue weighted by Gasteiger charge is 2.13. The number of aromatic nitrogens is 1. The van der Waals surface area contributed by atoms with Crippen LogP contribution in [0.1, 0.15) is 21.5 Å². The Bertz CT molecular complexity index is 850. The zero-order chi connectivity index (χ0) is 19.6. The second-order valence-corrected chi connectivity index (χ2v) is 5.33. The second-order valence-electron chi connectivity index (χ2n) is 5.33. The Kier molecular flexibility index (Phi) is 7.07. The predicted molar refractivity (Wildman–Crippen MR) is 99.3 cm³/mol. The van der Waals surface area contributed by atoms with Gasteiger partial charge < -0.3 is 14.6 Å². The number of aliphatic carboxylic acids is 1. The van der Waals surface area contributed by atoms with Crippen molar-refractivity contribution in [3.05, 3.63) is 66.0 Å². The third kappa shape index (κ3) is 5.67. The number of amides is 1. The molecule has 2 rings (SSSR count). The fourth-order valence-electron chi connectivity index (χ4n) is 2.24. The van der Waals surface area contributed by atoms with Crippen molar-refractivity contribution in [3.8, 4) is 11.5 Å². The number of nitrogens with one attached hydrogen (secondary N) is 1. The largest absolute Gasteiger partial charge is 0.493 e. The summed E-state index contributed by atoms with van der Waals surface area (Å²) in [6.45, 7) is 3.20. The average Bonchev–Trinajstić information content (AvgIpc) is 2.67. The highest BCUT2D eigenvalue weighted by molar-refractivity contribution is 5.94. The summed E-state index contributed by atoms with van der Waals surface area (Å²) in [6, 6.07) is 6.66. The zero-order valence-corrected chi connectivity index (χ0v) is 14.7. The van der Waals surface area contributed by atoms with Crippen LogP contribution in [0.25, 0.3) is 0 Å². The number of hydrazone groups is 1. The first-order valence-electron chi connectivity index (χ1n) is 7.95. The molecule has 0 unspecified atom stereocenters. The smallest absolute Gasteiger partial charge is 0.341 e. The summed E-state index contributed by atoms with van der Waals surface area (Å²) in [7, 11) is 1.45. The molecule has 27 heavy (non-hydrogen) atoms. The predicted octanol–water partition coefficient (Wildman–Crippen LogP) is 2.05. The standard InChI is InChI=1S/C19H19N3O5/c1-3-5-14-8-13(9-16(26-2)18(14)27-12-17(23)24)10-21-22-19(25)15-6-4-7-20-11-15/h3-4,6-11H,1,5,12H2,2H3,(H,22,25)(H,23,24)/b21-10-. The number of carboxylic acid groups (broad SMARTS) is 1. The Balaban J connectivity index is 2.20.